The molecule has 0 saturated carbocycles. The highest BCUT2D eigenvalue weighted by molar-refractivity contribution is 8.02. The number of primary amides is 1. The van der Waals surface area contributed by atoms with Gasteiger partial charge >= 0.3 is 0 Å². The van der Waals surface area contributed by atoms with Gasteiger partial charge in [-0.25, -0.2) is 0 Å². The number of nitrogens with two attached hydrogens (primary N) is 1. The Morgan fingerprint density at radius 2 is 2.12 bits per heavy atom. The van der Waals surface area contributed by atoms with E-state index < -0.39 is 11.9 Å². The molecule has 2 N–H and O–H groups in total. The van der Waals surface area contributed by atoms with Crippen molar-refractivity contribution in [3.63, 3.8) is 0 Å². The third kappa shape index (κ3) is 2.59. The second-order valence-electron chi connectivity index (χ2n) is 5.37. The molecule has 0 radical (unpaired) electrons. The molecule has 126 valence electrons. The minimum atomic E-state index is -0.984. The topological polar surface area (TPSA) is 106 Å². The van der Waals surface area contributed by atoms with Crippen molar-refractivity contribution in [2.24, 2.45) is 5.73 Å². The standard InChI is InChI=1S/C16H11N3O4S2/c17-5-9-4-10-16(25-9)24-6-13(20)19(10)14(15(18)21)8-1-2-11-12(3-8)23-7-22-11/h1-4,14H,6-7H2,(H2,18,21). The Morgan fingerprint density at radius 3 is 2.88 bits per heavy atom. The lowest BCUT2D eigenvalue weighted by molar-refractivity contribution is -0.123. The Bertz CT molecular complexity index is 934. The first-order valence-electron chi connectivity index (χ1n) is 7.26. The quantitative estimate of drug-likeness (QED) is 0.882. The smallest absolute Gasteiger partial charge is 0.245 e. The van der Waals surface area contributed by atoms with Crippen LogP contribution in [0, 0.1) is 11.3 Å². The summed E-state index contributed by atoms with van der Waals surface area (Å²) in [5.41, 5.74) is 6.71. The number of amides is 2. The fourth-order valence-corrected chi connectivity index (χ4v) is 4.89. The Kier molecular flexibility index (Phi) is 3.78. The van der Waals surface area contributed by atoms with Gasteiger partial charge in [0.15, 0.2) is 11.5 Å². The zero-order chi connectivity index (χ0) is 17.6. The number of nitriles is 1. The molecule has 1 aromatic carbocycles. The molecule has 2 amide bonds. The number of anilines is 1. The van der Waals surface area contributed by atoms with Gasteiger partial charge in [-0.05, 0) is 23.8 Å². The maximum Gasteiger partial charge on any atom is 0.245 e. The lowest BCUT2D eigenvalue weighted by atomic mass is 10.0. The third-order valence-electron chi connectivity index (χ3n) is 3.88. The van der Waals surface area contributed by atoms with E-state index in [-0.39, 0.29) is 18.5 Å². The molecule has 0 saturated heterocycles. The molecule has 4 rings (SSSR count). The van der Waals surface area contributed by atoms with E-state index in [1.165, 1.54) is 28.0 Å². The first-order valence-corrected chi connectivity index (χ1v) is 9.06. The van der Waals surface area contributed by atoms with Gasteiger partial charge < -0.3 is 15.2 Å². The van der Waals surface area contributed by atoms with E-state index in [9.17, 15) is 9.59 Å². The van der Waals surface area contributed by atoms with Crippen molar-refractivity contribution in [3.05, 3.63) is 34.7 Å². The van der Waals surface area contributed by atoms with Gasteiger partial charge in [-0.15, -0.1) is 23.1 Å². The number of hydrogen-bond acceptors (Lipinski definition) is 7. The van der Waals surface area contributed by atoms with Crippen LogP contribution >= 0.6 is 23.1 Å². The van der Waals surface area contributed by atoms with Crippen LogP contribution in [0.2, 0.25) is 0 Å². The van der Waals surface area contributed by atoms with E-state index in [2.05, 4.69) is 6.07 Å². The van der Waals surface area contributed by atoms with Gasteiger partial charge in [-0.2, -0.15) is 5.26 Å². The Labute approximate surface area is 150 Å². The first kappa shape index (κ1) is 15.8. The highest BCUT2D eigenvalue weighted by Gasteiger charge is 2.37. The van der Waals surface area contributed by atoms with Crippen LogP contribution in [-0.2, 0) is 9.59 Å². The molecule has 2 aromatic rings. The summed E-state index contributed by atoms with van der Waals surface area (Å²) >= 11 is 2.66. The molecule has 0 spiro atoms. The zero-order valence-corrected chi connectivity index (χ0v) is 14.4. The average Bonchev–Trinajstić information content (AvgIpc) is 3.22. The molecule has 25 heavy (non-hydrogen) atoms. The van der Waals surface area contributed by atoms with Crippen molar-refractivity contribution in [2.45, 2.75) is 10.3 Å². The van der Waals surface area contributed by atoms with Gasteiger partial charge in [-0.3, -0.25) is 14.5 Å². The van der Waals surface area contributed by atoms with E-state index in [1.807, 2.05) is 0 Å². The number of carbonyl (C=O) groups is 2. The molecule has 2 aliphatic rings. The number of fused-ring (bicyclic) bond motifs is 2. The van der Waals surface area contributed by atoms with Crippen LogP contribution in [0.25, 0.3) is 0 Å². The molecule has 0 bridgehead atoms. The van der Waals surface area contributed by atoms with Crippen LogP contribution in [0.4, 0.5) is 5.69 Å². The van der Waals surface area contributed by atoms with Crippen molar-refractivity contribution in [3.8, 4) is 17.6 Å². The summed E-state index contributed by atoms with van der Waals surface area (Å²) in [7, 11) is 0. The molecule has 1 aromatic heterocycles. The van der Waals surface area contributed by atoms with Crippen molar-refractivity contribution < 1.29 is 19.1 Å². The normalized spacial score (nSPS) is 16.3. The largest absolute Gasteiger partial charge is 0.454 e. The van der Waals surface area contributed by atoms with E-state index >= 15 is 0 Å². The maximum atomic E-state index is 12.6. The van der Waals surface area contributed by atoms with Crippen molar-refractivity contribution in [1.29, 1.82) is 5.26 Å². The van der Waals surface area contributed by atoms with Crippen LogP contribution in [0.3, 0.4) is 0 Å². The van der Waals surface area contributed by atoms with Crippen LogP contribution in [0.5, 0.6) is 11.5 Å². The number of thiophene rings is 1. The van der Waals surface area contributed by atoms with Gasteiger partial charge in [0.2, 0.25) is 18.6 Å². The number of hydrogen-bond donors (Lipinski definition) is 1. The molecule has 0 aliphatic carbocycles. The number of nitrogens with zero attached hydrogens (tertiary/aromatic N) is 2. The van der Waals surface area contributed by atoms with Crippen LogP contribution in [-0.4, -0.2) is 24.4 Å². The lowest BCUT2D eigenvalue weighted by Crippen LogP contribution is -2.44. The summed E-state index contributed by atoms with van der Waals surface area (Å²) in [5, 5.41) is 9.14. The maximum absolute atomic E-state index is 12.6. The molecule has 3 heterocycles. The van der Waals surface area contributed by atoms with Crippen molar-refractivity contribution in [1.82, 2.24) is 0 Å². The van der Waals surface area contributed by atoms with Gasteiger partial charge in [0.1, 0.15) is 17.0 Å². The Morgan fingerprint density at radius 1 is 1.32 bits per heavy atom. The van der Waals surface area contributed by atoms with Crippen molar-refractivity contribution >= 4 is 40.6 Å². The van der Waals surface area contributed by atoms with Gasteiger partial charge in [0.05, 0.1) is 15.6 Å². The summed E-state index contributed by atoms with van der Waals surface area (Å²) in [6, 6.07) is 7.74. The van der Waals surface area contributed by atoms with Gasteiger partial charge in [-0.1, -0.05) is 6.07 Å². The molecule has 0 fully saturated rings. The predicted octanol–water partition coefficient (Wildman–Crippen LogP) is 2.01. The summed E-state index contributed by atoms with van der Waals surface area (Å²) in [4.78, 5) is 26.6. The SMILES string of the molecule is N#Cc1cc2c(s1)SCC(=O)N2C(C(N)=O)c1ccc2c(c1)OCO2. The van der Waals surface area contributed by atoms with Crippen LogP contribution in [0.1, 0.15) is 16.5 Å². The number of carbonyl (C=O) groups excluding carboxylic acids is 2. The van der Waals surface area contributed by atoms with E-state index in [1.54, 1.807) is 24.3 Å². The van der Waals surface area contributed by atoms with E-state index in [0.29, 0.717) is 27.6 Å². The number of ether oxygens (including phenoxy) is 2. The van der Waals surface area contributed by atoms with Crippen molar-refractivity contribution in [2.75, 3.05) is 17.4 Å². The first-order chi connectivity index (χ1) is 12.1. The molecule has 1 unspecified atom stereocenters. The number of benzene rings is 1. The summed E-state index contributed by atoms with van der Waals surface area (Å²) < 4.78 is 11.5. The lowest BCUT2D eigenvalue weighted by Gasteiger charge is -2.32. The second-order valence-corrected chi connectivity index (χ2v) is 7.66. The van der Waals surface area contributed by atoms with E-state index in [0.717, 1.165) is 4.21 Å². The number of rotatable bonds is 3. The summed E-state index contributed by atoms with van der Waals surface area (Å²) in [6.07, 6.45) is 0. The fraction of sp³-hybridized carbons (Fsp3) is 0.188. The predicted molar refractivity (Wildman–Crippen MR) is 91.7 cm³/mol. The fourth-order valence-electron chi connectivity index (χ4n) is 2.83. The highest BCUT2D eigenvalue weighted by atomic mass is 32.2. The van der Waals surface area contributed by atoms with Gasteiger partial charge in [0.25, 0.3) is 0 Å². The molecule has 9 heteroatoms. The van der Waals surface area contributed by atoms with E-state index in [4.69, 9.17) is 20.5 Å². The summed E-state index contributed by atoms with van der Waals surface area (Å²) in [6.45, 7) is 0.111. The Hall–Kier alpha value is -2.70. The molecule has 2 aliphatic heterocycles. The third-order valence-corrected chi connectivity index (χ3v) is 6.17. The van der Waals surface area contributed by atoms with Crippen LogP contribution < -0.4 is 20.1 Å². The molecule has 7 nitrogen and oxygen atoms in total. The summed E-state index contributed by atoms with van der Waals surface area (Å²) in [5.74, 6) is 0.379. The second kappa shape index (κ2) is 5.98. The highest BCUT2D eigenvalue weighted by Crippen LogP contribution is 2.45. The molecular weight excluding hydrogens is 362 g/mol. The number of thioether (sulfide) groups is 1. The molecule has 1 atom stereocenters. The Balaban J connectivity index is 1.82. The zero-order valence-electron chi connectivity index (χ0n) is 12.7. The molecular formula is C16H11N3O4S2. The average molecular weight is 373 g/mol. The monoisotopic (exact) mass is 373 g/mol. The van der Waals surface area contributed by atoms with Crippen LogP contribution in [0.15, 0.2) is 28.5 Å². The minimum absolute atomic E-state index is 0.111. The van der Waals surface area contributed by atoms with Gasteiger partial charge in [0, 0.05) is 0 Å². The minimum Gasteiger partial charge on any atom is -0.454 e.